The average Bonchev–Trinajstić information content (AvgIpc) is 3.27. The van der Waals surface area contributed by atoms with Crippen LogP contribution in [-0.4, -0.2) is 44.5 Å². The topological polar surface area (TPSA) is 101 Å². The van der Waals surface area contributed by atoms with Crippen molar-refractivity contribution in [1.82, 2.24) is 0 Å². The molecule has 0 saturated carbocycles. The van der Waals surface area contributed by atoms with Crippen LogP contribution in [0.15, 0.2) is 133 Å². The lowest BCUT2D eigenvalue weighted by atomic mass is 9.80. The summed E-state index contributed by atoms with van der Waals surface area (Å²) in [6, 6.07) is 39.7. The van der Waals surface area contributed by atoms with Crippen molar-refractivity contribution in [2.75, 3.05) is 27.5 Å². The summed E-state index contributed by atoms with van der Waals surface area (Å²) in [5, 5.41) is 12.3. The van der Waals surface area contributed by atoms with Crippen LogP contribution in [0.2, 0.25) is 0 Å². The largest absolute Gasteiger partial charge is 0.497 e. The van der Waals surface area contributed by atoms with Gasteiger partial charge in [0.2, 0.25) is 0 Å². The fourth-order valence-corrected chi connectivity index (χ4v) is 5.07. The van der Waals surface area contributed by atoms with Crippen LogP contribution in [0.1, 0.15) is 56.2 Å². The summed E-state index contributed by atoms with van der Waals surface area (Å²) in [5.41, 5.74) is 0.430. The number of esters is 2. The zero-order chi connectivity index (χ0) is 41.6. The molecule has 0 atom stereocenters. The van der Waals surface area contributed by atoms with Gasteiger partial charge in [-0.2, -0.15) is 0 Å². The van der Waals surface area contributed by atoms with E-state index in [1.807, 2.05) is 86.6 Å². The molecule has 0 heterocycles. The predicted octanol–water partition coefficient (Wildman–Crippen LogP) is 10.8. The number of para-hydroxylation sites is 2. The van der Waals surface area contributed by atoms with Crippen molar-refractivity contribution < 1.29 is 61.1 Å². The molecule has 5 aromatic rings. The molecule has 0 radical (unpaired) electrons. The number of halogens is 5. The Kier molecular flexibility index (Phi) is 24.5. The number of hydrogen-bond donors (Lipinski definition) is 1. The molecule has 0 saturated heterocycles. The monoisotopic (exact) mass is 786 g/mol. The van der Waals surface area contributed by atoms with Gasteiger partial charge in [-0.1, -0.05) is 86.6 Å². The zero-order valence-corrected chi connectivity index (χ0v) is 31.6. The van der Waals surface area contributed by atoms with Gasteiger partial charge in [0.25, 0.3) is 0 Å². The van der Waals surface area contributed by atoms with Crippen molar-refractivity contribution in [3.05, 3.63) is 150 Å². The van der Waals surface area contributed by atoms with E-state index in [1.54, 1.807) is 67.8 Å². The maximum atomic E-state index is 12.3. The summed E-state index contributed by atoms with van der Waals surface area (Å²) < 4.78 is 69.2. The zero-order valence-electron chi connectivity index (χ0n) is 31.6. The summed E-state index contributed by atoms with van der Waals surface area (Å²) in [4.78, 5) is 24.2. The molecule has 0 aliphatic carbocycles. The molecule has 0 aliphatic rings. The molecule has 8 nitrogen and oxygen atoms in total. The van der Waals surface area contributed by atoms with Gasteiger partial charge in [-0.3, -0.25) is 14.0 Å². The third-order valence-corrected chi connectivity index (χ3v) is 7.59. The third-order valence-electron chi connectivity index (χ3n) is 7.59. The molecule has 0 aromatic heterocycles. The molecular weight excluding hydrogens is 739 g/mol. The first-order valence-corrected chi connectivity index (χ1v) is 17.5. The van der Waals surface area contributed by atoms with Gasteiger partial charge in [0.1, 0.15) is 34.3 Å². The molecule has 0 unspecified atom stereocenters. The molecule has 5 rings (SSSR count). The second-order valence-electron chi connectivity index (χ2n) is 11.0. The molecule has 0 aliphatic heterocycles. The molecule has 0 bridgehead atoms. The number of methoxy groups -OCH3 is 1. The number of carbonyl (C=O) groups is 2. The normalized spacial score (nSPS) is 9.82. The molecule has 0 amide bonds. The minimum atomic E-state index is -1.49. The number of rotatable bonds is 16. The summed E-state index contributed by atoms with van der Waals surface area (Å²) >= 11 is 0. The average molecular weight is 787 g/mol. The summed E-state index contributed by atoms with van der Waals surface area (Å²) in [6.45, 7) is 4.67. The van der Waals surface area contributed by atoms with E-state index in [-0.39, 0.29) is 24.8 Å². The first-order valence-electron chi connectivity index (χ1n) is 17.5. The van der Waals surface area contributed by atoms with Crippen LogP contribution in [0, 0.1) is 0 Å². The second-order valence-corrected chi connectivity index (χ2v) is 11.0. The molecule has 1 N–H and O–H groups in total. The van der Waals surface area contributed by atoms with Crippen LogP contribution in [-0.2, 0) is 15.2 Å². The third kappa shape index (κ3) is 15.8. The summed E-state index contributed by atoms with van der Waals surface area (Å²) in [7, 11) is 2.09. The van der Waals surface area contributed by atoms with E-state index in [0.717, 1.165) is 0 Å². The lowest BCUT2D eigenvalue weighted by Gasteiger charge is -2.30. The van der Waals surface area contributed by atoms with Crippen molar-refractivity contribution >= 4 is 11.9 Å². The molecule has 302 valence electrons. The molecule has 13 heteroatoms. The highest BCUT2D eigenvalue weighted by Gasteiger charge is 2.34. The number of alkyl halides is 1. The maximum absolute atomic E-state index is 12.3. The first kappa shape index (κ1) is 48.1. The Hall–Kier alpha value is -5.95. The van der Waals surface area contributed by atoms with Crippen LogP contribution >= 0.6 is 0 Å². The Morgan fingerprint density at radius 2 is 0.804 bits per heavy atom. The molecular formula is C43H47F5O8. The lowest BCUT2D eigenvalue weighted by Crippen LogP contribution is -2.28. The maximum Gasteiger partial charge on any atom is 0.311 e. The lowest BCUT2D eigenvalue weighted by molar-refractivity contribution is -0.135. The predicted molar refractivity (Wildman–Crippen MR) is 204 cm³/mol. The fraction of sp³-hybridized carbons (Fsp3) is 0.256. The van der Waals surface area contributed by atoms with Crippen molar-refractivity contribution in [1.29, 1.82) is 0 Å². The highest BCUT2D eigenvalue weighted by atomic mass is 20.0. The van der Waals surface area contributed by atoms with Crippen molar-refractivity contribution in [2.24, 2.45) is 0 Å². The Bertz CT molecular complexity index is 1640. The van der Waals surface area contributed by atoms with E-state index in [1.165, 1.54) is 0 Å². The van der Waals surface area contributed by atoms with Crippen LogP contribution in [0.3, 0.4) is 0 Å². The van der Waals surface area contributed by atoms with E-state index in [4.69, 9.17) is 42.0 Å². The van der Waals surface area contributed by atoms with E-state index >= 15 is 0 Å². The fourth-order valence-electron chi connectivity index (χ4n) is 5.07. The van der Waals surface area contributed by atoms with Gasteiger partial charge in [-0.05, 0) is 90.2 Å². The number of benzene rings is 5. The highest BCUT2D eigenvalue weighted by molar-refractivity contribution is 5.72. The van der Waals surface area contributed by atoms with E-state index in [9.17, 15) is 19.1 Å². The number of ether oxygens (including phenoxy) is 5. The highest BCUT2D eigenvalue weighted by Crippen LogP contribution is 2.38. The Balaban J connectivity index is 0.00000184. The number of carbonyl (C=O) groups excluding carboxylic acids is 2. The minimum Gasteiger partial charge on any atom is -0.497 e. The van der Waals surface area contributed by atoms with Crippen molar-refractivity contribution in [2.45, 2.75) is 45.1 Å². The minimum absolute atomic E-state index is 0.227. The van der Waals surface area contributed by atoms with E-state index < -0.39 is 5.60 Å². The summed E-state index contributed by atoms with van der Waals surface area (Å²) in [5.74, 6) is 2.31. The Morgan fingerprint density at radius 1 is 0.500 bits per heavy atom. The standard InChI is InChI=1S/C40H38O8.C2H6.CH3F.2F2/c1-44-33-22-16-30(17-23-33)40(43,31-18-24-34(25-19-31)45-28-8-14-38(41)47-36-10-4-2-5-11-36)32-20-26-35(27-21-32)46-29-9-15-39(42)48-37-12-6-3-7-13-37;4*1-2/h2-7,10-13,16-27,43H,8-9,14-15,28-29H2,1H3;1-2H3;1H3;;. The molecule has 56 heavy (non-hydrogen) atoms. The smallest absolute Gasteiger partial charge is 0.311 e. The van der Waals surface area contributed by atoms with Gasteiger partial charge in [0, 0.05) is 31.1 Å². The quantitative estimate of drug-likeness (QED) is 0.0347. The van der Waals surface area contributed by atoms with Gasteiger partial charge < -0.3 is 28.8 Å². The van der Waals surface area contributed by atoms with Gasteiger partial charge in [-0.25, -0.2) is 0 Å². The van der Waals surface area contributed by atoms with Gasteiger partial charge in [0.05, 0.1) is 27.5 Å². The number of aliphatic hydroxyl groups is 1. The number of hydrogen-bond acceptors (Lipinski definition) is 8. The van der Waals surface area contributed by atoms with Crippen LogP contribution in [0.25, 0.3) is 0 Å². The van der Waals surface area contributed by atoms with Crippen molar-refractivity contribution in [3.8, 4) is 28.7 Å². The van der Waals surface area contributed by atoms with Gasteiger partial charge in [-0.15, -0.1) is 0 Å². The van der Waals surface area contributed by atoms with Crippen LogP contribution < -0.4 is 23.7 Å². The van der Waals surface area contributed by atoms with E-state index in [2.05, 4.69) is 0 Å². The van der Waals surface area contributed by atoms with E-state index in [0.29, 0.717) is 78.7 Å². The van der Waals surface area contributed by atoms with Gasteiger partial charge >= 0.3 is 11.9 Å². The molecule has 0 fully saturated rings. The first-order chi connectivity index (χ1) is 27.4. The Labute approximate surface area is 324 Å². The SMILES string of the molecule is CC.CF.COc1ccc(C(O)(c2ccc(OCCCC(=O)Oc3ccccc3)cc2)c2ccc(OCCCC(=O)Oc3ccccc3)cc2)cc1.FF.FF. The summed E-state index contributed by atoms with van der Waals surface area (Å²) in [6.07, 6.45) is 1.44. The van der Waals surface area contributed by atoms with Gasteiger partial charge in [0.15, 0.2) is 0 Å². The van der Waals surface area contributed by atoms with Crippen molar-refractivity contribution in [3.63, 3.8) is 0 Å². The van der Waals surface area contributed by atoms with Crippen LogP contribution in [0.5, 0.6) is 28.7 Å². The molecule has 0 spiro atoms. The molecule has 5 aromatic carbocycles. The van der Waals surface area contributed by atoms with Crippen LogP contribution in [0.4, 0.5) is 22.7 Å². The second kappa shape index (κ2) is 28.5. The Morgan fingerprint density at radius 3 is 1.11 bits per heavy atom.